The molecule has 2 unspecified atom stereocenters. The minimum Gasteiger partial charge on any atom is -0.502 e. The number of aromatic hydroxyl groups is 1. The Labute approximate surface area is 155 Å². The number of aliphatic hydroxyl groups is 4. The van der Waals surface area contributed by atoms with E-state index in [2.05, 4.69) is 0 Å². The average molecular weight is 388 g/mol. The predicted octanol–water partition coefficient (Wildman–Crippen LogP) is -1.33. The van der Waals surface area contributed by atoms with Crippen LogP contribution in [-0.4, -0.2) is 89.8 Å². The molecule has 2 aliphatic rings. The molecule has 0 amide bonds. The van der Waals surface area contributed by atoms with Crippen molar-refractivity contribution in [2.24, 2.45) is 0 Å². The Kier molecular flexibility index (Phi) is 6.06. The maximum Gasteiger partial charge on any atom is 0.200 e. The number of rotatable bonds is 5. The maximum atomic E-state index is 10.3. The van der Waals surface area contributed by atoms with Gasteiger partial charge in [0, 0.05) is 0 Å². The van der Waals surface area contributed by atoms with E-state index in [0.29, 0.717) is 5.56 Å². The first kappa shape index (κ1) is 20.1. The molecule has 0 radical (unpaired) electrons. The van der Waals surface area contributed by atoms with Crippen LogP contribution in [0.5, 0.6) is 17.2 Å². The molecule has 0 saturated carbocycles. The lowest BCUT2D eigenvalue weighted by molar-refractivity contribution is -0.371. The molecule has 10 heteroatoms. The summed E-state index contributed by atoms with van der Waals surface area (Å²) in [5.74, 6) is 0.0707. The Bertz CT molecular complexity index is 628. The van der Waals surface area contributed by atoms with E-state index in [4.69, 9.17) is 23.7 Å². The fourth-order valence-corrected chi connectivity index (χ4v) is 3.32. The zero-order valence-corrected chi connectivity index (χ0v) is 14.9. The standard InChI is InChI=1S/C17H24O10/c1-23-8-3-7(4-9(24-2)12(8)20)15-11(6-19)26-17-16(27-15)14(22)13(21)10(5-18)25-17/h3-4,10-11,13-22H,5-6H2,1-2H3/t10-,11+,13-,14+,15+,16?,17?/m0/s1. The summed E-state index contributed by atoms with van der Waals surface area (Å²) >= 11 is 0. The molecule has 3 rings (SSSR count). The van der Waals surface area contributed by atoms with Crippen LogP contribution >= 0.6 is 0 Å². The summed E-state index contributed by atoms with van der Waals surface area (Å²) in [6, 6.07) is 3.00. The van der Waals surface area contributed by atoms with Gasteiger partial charge in [-0.25, -0.2) is 0 Å². The smallest absolute Gasteiger partial charge is 0.200 e. The van der Waals surface area contributed by atoms with Gasteiger partial charge in [0.1, 0.15) is 36.6 Å². The normalized spacial score (nSPS) is 36.1. The van der Waals surface area contributed by atoms with Gasteiger partial charge in [0.05, 0.1) is 27.4 Å². The second-order valence-corrected chi connectivity index (χ2v) is 6.36. The van der Waals surface area contributed by atoms with E-state index in [0.717, 1.165) is 0 Å². The van der Waals surface area contributed by atoms with Crippen molar-refractivity contribution in [2.75, 3.05) is 27.4 Å². The molecule has 5 N–H and O–H groups in total. The van der Waals surface area contributed by atoms with Gasteiger partial charge in [-0.3, -0.25) is 0 Å². The van der Waals surface area contributed by atoms with E-state index >= 15 is 0 Å². The molecule has 0 bridgehead atoms. The first-order chi connectivity index (χ1) is 12.9. The molecule has 2 aliphatic heterocycles. The summed E-state index contributed by atoms with van der Waals surface area (Å²) in [7, 11) is 2.75. The molecule has 152 valence electrons. The van der Waals surface area contributed by atoms with Crippen LogP contribution in [0.2, 0.25) is 0 Å². The quantitative estimate of drug-likeness (QED) is 0.411. The lowest BCUT2D eigenvalue weighted by Crippen LogP contribution is -2.63. The summed E-state index contributed by atoms with van der Waals surface area (Å²) < 4.78 is 27.3. The third-order valence-corrected chi connectivity index (χ3v) is 4.79. The number of phenols is 1. The van der Waals surface area contributed by atoms with Crippen molar-refractivity contribution in [3.63, 3.8) is 0 Å². The Morgan fingerprint density at radius 1 is 0.889 bits per heavy atom. The highest BCUT2D eigenvalue weighted by Gasteiger charge is 2.51. The molecular weight excluding hydrogens is 364 g/mol. The summed E-state index contributed by atoms with van der Waals surface area (Å²) in [6.45, 7) is -0.935. The zero-order valence-electron chi connectivity index (χ0n) is 14.9. The molecule has 0 aromatic heterocycles. The average Bonchev–Trinajstić information content (AvgIpc) is 2.69. The number of phenolic OH excluding ortho intramolecular Hbond substituents is 1. The largest absolute Gasteiger partial charge is 0.502 e. The van der Waals surface area contributed by atoms with Gasteiger partial charge in [0.15, 0.2) is 17.8 Å². The van der Waals surface area contributed by atoms with Crippen molar-refractivity contribution < 1.29 is 49.2 Å². The highest BCUT2D eigenvalue weighted by molar-refractivity contribution is 5.53. The van der Waals surface area contributed by atoms with E-state index in [1.54, 1.807) is 0 Å². The van der Waals surface area contributed by atoms with E-state index in [-0.39, 0.29) is 17.2 Å². The lowest BCUT2D eigenvalue weighted by Gasteiger charge is -2.48. The van der Waals surface area contributed by atoms with E-state index in [1.165, 1.54) is 26.4 Å². The van der Waals surface area contributed by atoms with Crippen LogP contribution < -0.4 is 9.47 Å². The van der Waals surface area contributed by atoms with E-state index in [9.17, 15) is 25.5 Å². The number of hydrogen-bond acceptors (Lipinski definition) is 10. The second kappa shape index (κ2) is 8.15. The molecule has 7 atom stereocenters. The molecule has 0 spiro atoms. The predicted molar refractivity (Wildman–Crippen MR) is 88.5 cm³/mol. The monoisotopic (exact) mass is 388 g/mol. The second-order valence-electron chi connectivity index (χ2n) is 6.36. The topological polar surface area (TPSA) is 147 Å². The van der Waals surface area contributed by atoms with E-state index < -0.39 is 56.1 Å². The van der Waals surface area contributed by atoms with Gasteiger partial charge < -0.3 is 49.2 Å². The molecule has 1 aromatic rings. The van der Waals surface area contributed by atoms with Gasteiger partial charge in [0.2, 0.25) is 5.75 Å². The lowest BCUT2D eigenvalue weighted by atomic mass is 9.95. The minimum absolute atomic E-state index is 0.132. The third-order valence-electron chi connectivity index (χ3n) is 4.79. The fourth-order valence-electron chi connectivity index (χ4n) is 3.32. The summed E-state index contributed by atoms with van der Waals surface area (Å²) in [5.41, 5.74) is 0.463. The highest BCUT2D eigenvalue weighted by atomic mass is 16.7. The number of methoxy groups -OCH3 is 2. The van der Waals surface area contributed by atoms with Crippen molar-refractivity contribution in [3.8, 4) is 17.2 Å². The van der Waals surface area contributed by atoms with E-state index in [1.807, 2.05) is 0 Å². The van der Waals surface area contributed by atoms with Crippen molar-refractivity contribution in [2.45, 2.75) is 42.9 Å². The van der Waals surface area contributed by atoms with Crippen LogP contribution in [0.4, 0.5) is 0 Å². The minimum atomic E-state index is -1.37. The Balaban J connectivity index is 1.93. The Morgan fingerprint density at radius 3 is 1.96 bits per heavy atom. The van der Waals surface area contributed by atoms with Gasteiger partial charge >= 0.3 is 0 Å². The summed E-state index contributed by atoms with van der Waals surface area (Å²) in [5, 5.41) is 49.5. The number of benzene rings is 1. The molecule has 1 aromatic carbocycles. The van der Waals surface area contributed by atoms with Crippen LogP contribution in [-0.2, 0) is 14.2 Å². The van der Waals surface area contributed by atoms with Crippen molar-refractivity contribution in [1.82, 2.24) is 0 Å². The molecule has 2 fully saturated rings. The van der Waals surface area contributed by atoms with Gasteiger partial charge in [-0.1, -0.05) is 0 Å². The molecule has 10 nitrogen and oxygen atoms in total. The van der Waals surface area contributed by atoms with Crippen LogP contribution in [0.1, 0.15) is 11.7 Å². The van der Waals surface area contributed by atoms with Crippen molar-refractivity contribution in [1.29, 1.82) is 0 Å². The molecule has 27 heavy (non-hydrogen) atoms. The van der Waals surface area contributed by atoms with Gasteiger partial charge in [-0.15, -0.1) is 0 Å². The van der Waals surface area contributed by atoms with Crippen LogP contribution in [0, 0.1) is 0 Å². The van der Waals surface area contributed by atoms with Crippen molar-refractivity contribution in [3.05, 3.63) is 17.7 Å². The van der Waals surface area contributed by atoms with Crippen LogP contribution in [0.15, 0.2) is 12.1 Å². The van der Waals surface area contributed by atoms with Crippen LogP contribution in [0.3, 0.4) is 0 Å². The molecular formula is C17H24O10. The first-order valence-electron chi connectivity index (χ1n) is 8.44. The summed E-state index contributed by atoms with van der Waals surface area (Å²) in [6.07, 6.45) is -7.63. The van der Waals surface area contributed by atoms with Gasteiger partial charge in [-0.05, 0) is 17.7 Å². The number of aliphatic hydroxyl groups excluding tert-OH is 4. The molecule has 0 aliphatic carbocycles. The maximum absolute atomic E-state index is 10.3. The Morgan fingerprint density at radius 2 is 1.44 bits per heavy atom. The number of ether oxygens (including phenoxy) is 5. The third kappa shape index (κ3) is 3.57. The first-order valence-corrected chi connectivity index (χ1v) is 8.44. The molecule has 2 saturated heterocycles. The van der Waals surface area contributed by atoms with Gasteiger partial charge in [0.25, 0.3) is 0 Å². The number of fused-ring (bicyclic) bond motifs is 1. The van der Waals surface area contributed by atoms with Gasteiger partial charge in [-0.2, -0.15) is 0 Å². The Hall–Kier alpha value is -1.66. The summed E-state index contributed by atoms with van der Waals surface area (Å²) in [4.78, 5) is 0. The van der Waals surface area contributed by atoms with Crippen LogP contribution in [0.25, 0.3) is 0 Å². The van der Waals surface area contributed by atoms with Crippen molar-refractivity contribution >= 4 is 0 Å². The molecule has 2 heterocycles. The highest BCUT2D eigenvalue weighted by Crippen LogP contribution is 2.43. The number of hydrogen-bond donors (Lipinski definition) is 5. The fraction of sp³-hybridized carbons (Fsp3) is 0.647. The zero-order chi connectivity index (χ0) is 19.7. The SMILES string of the molecule is COc1cc([C@H]2OC3C(O[C@@H](CO)[C@H](O)[C@H]3O)O[C@@H]2CO)cc(OC)c1O.